The Labute approximate surface area is 354 Å². The summed E-state index contributed by atoms with van der Waals surface area (Å²) in [5, 5.41) is 18.1. The summed E-state index contributed by atoms with van der Waals surface area (Å²) in [6.07, 6.45) is 0. The van der Waals surface area contributed by atoms with Gasteiger partial charge in [-0.05, 0) is 133 Å². The number of hydrogen-bond donors (Lipinski definition) is 0. The lowest BCUT2D eigenvalue weighted by Gasteiger charge is -2.25. The number of benzene rings is 11. The molecule has 1 aliphatic carbocycles. The quantitative estimate of drug-likeness (QED) is 0.0965. The van der Waals surface area contributed by atoms with Gasteiger partial charge in [0.1, 0.15) is 19.2 Å². The molecule has 0 saturated carbocycles. The highest BCUT2D eigenvalue weighted by atomic mass is 28.3. The van der Waals surface area contributed by atoms with Crippen LogP contribution in [-0.4, -0.2) is 8.07 Å². The van der Waals surface area contributed by atoms with Crippen molar-refractivity contribution < 1.29 is 4.42 Å². The molecule has 0 radical (unpaired) electrons. The first-order valence-corrected chi connectivity index (χ1v) is 24.7. The Morgan fingerprint density at radius 3 is 1.67 bits per heavy atom. The molecule has 0 amide bonds. The van der Waals surface area contributed by atoms with Crippen LogP contribution in [0.15, 0.2) is 174 Å². The standard InChI is InChI=1S/C59H40OSi/c1-59(2)48-27-25-35(29-44(48)45-31-46-37-15-9-10-22-51(37)61(3,4)52(46)32-49(45)59)53-38-16-5-7-18-40(38)54(41-19-8-6-17-39(41)53)36-26-28-50-47(30-36)57-42-20-11-13-33-23-24-34-14-12-21-43(58(57)60-50)56(34)55(33)42/h5-32H,1-4H3. The van der Waals surface area contributed by atoms with E-state index >= 15 is 0 Å². The van der Waals surface area contributed by atoms with E-state index in [0.29, 0.717) is 0 Å². The highest BCUT2D eigenvalue weighted by Crippen LogP contribution is 2.53. The van der Waals surface area contributed by atoms with Crippen molar-refractivity contribution >= 4 is 94.2 Å². The highest BCUT2D eigenvalue weighted by molar-refractivity contribution is 7.03. The summed E-state index contributed by atoms with van der Waals surface area (Å²) in [6.45, 7) is 9.90. The predicted octanol–water partition coefficient (Wildman–Crippen LogP) is 15.2. The molecule has 2 heterocycles. The van der Waals surface area contributed by atoms with Crippen LogP contribution in [0.4, 0.5) is 0 Å². The van der Waals surface area contributed by atoms with E-state index in [2.05, 4.69) is 197 Å². The number of fused-ring (bicyclic) bond motifs is 13. The van der Waals surface area contributed by atoms with Crippen LogP contribution in [0.3, 0.4) is 0 Å². The van der Waals surface area contributed by atoms with Gasteiger partial charge in [0.2, 0.25) is 0 Å². The lowest BCUT2D eigenvalue weighted by molar-refractivity contribution is 0.661. The van der Waals surface area contributed by atoms with Crippen molar-refractivity contribution in [2.45, 2.75) is 32.4 Å². The molecule has 286 valence electrons. The first-order valence-electron chi connectivity index (χ1n) is 21.7. The van der Waals surface area contributed by atoms with Gasteiger partial charge in [-0.15, -0.1) is 0 Å². The van der Waals surface area contributed by atoms with E-state index in [4.69, 9.17) is 4.42 Å². The third-order valence-corrected chi connectivity index (χ3v) is 18.5. The molecule has 0 unspecified atom stereocenters. The molecule has 0 bridgehead atoms. The van der Waals surface area contributed by atoms with Crippen molar-refractivity contribution in [1.82, 2.24) is 0 Å². The molecule has 1 nitrogen and oxygen atoms in total. The van der Waals surface area contributed by atoms with Gasteiger partial charge < -0.3 is 4.42 Å². The number of furan rings is 1. The van der Waals surface area contributed by atoms with E-state index in [9.17, 15) is 0 Å². The first kappa shape index (κ1) is 33.8. The zero-order chi connectivity index (χ0) is 40.5. The topological polar surface area (TPSA) is 13.1 Å². The monoisotopic (exact) mass is 792 g/mol. The molecule has 0 atom stereocenters. The predicted molar refractivity (Wildman–Crippen MR) is 263 cm³/mol. The van der Waals surface area contributed by atoms with Crippen molar-refractivity contribution in [3.05, 3.63) is 181 Å². The zero-order valence-electron chi connectivity index (χ0n) is 34.6. The second-order valence-electron chi connectivity index (χ2n) is 18.7. The van der Waals surface area contributed by atoms with Gasteiger partial charge in [-0.2, -0.15) is 0 Å². The molecular weight excluding hydrogens is 753 g/mol. The fraction of sp³-hybridized carbons (Fsp3) is 0.0847. The maximum atomic E-state index is 6.84. The molecule has 11 aromatic carbocycles. The van der Waals surface area contributed by atoms with Crippen LogP contribution in [0.1, 0.15) is 25.0 Å². The van der Waals surface area contributed by atoms with Gasteiger partial charge in [-0.3, -0.25) is 0 Å². The van der Waals surface area contributed by atoms with Crippen molar-refractivity contribution in [2.75, 3.05) is 0 Å². The lowest BCUT2D eigenvalue weighted by atomic mass is 9.81. The zero-order valence-corrected chi connectivity index (χ0v) is 35.6. The summed E-state index contributed by atoms with van der Waals surface area (Å²) in [4.78, 5) is 0. The lowest BCUT2D eigenvalue weighted by Crippen LogP contribution is -2.49. The van der Waals surface area contributed by atoms with Gasteiger partial charge in [0.25, 0.3) is 0 Å². The fourth-order valence-electron chi connectivity index (χ4n) is 12.1. The van der Waals surface area contributed by atoms with Crippen LogP contribution in [-0.2, 0) is 5.41 Å². The highest BCUT2D eigenvalue weighted by Gasteiger charge is 2.42. The molecule has 14 rings (SSSR count). The molecule has 0 fully saturated rings. The smallest absolute Gasteiger partial charge is 0.143 e. The molecule has 0 N–H and O–H groups in total. The minimum absolute atomic E-state index is 0.0868. The van der Waals surface area contributed by atoms with Crippen LogP contribution in [0.25, 0.3) is 120 Å². The van der Waals surface area contributed by atoms with Crippen LogP contribution >= 0.6 is 0 Å². The van der Waals surface area contributed by atoms with Crippen molar-refractivity contribution in [1.29, 1.82) is 0 Å². The van der Waals surface area contributed by atoms with E-state index < -0.39 is 8.07 Å². The molecule has 1 aromatic heterocycles. The summed E-state index contributed by atoms with van der Waals surface area (Å²) >= 11 is 0. The first-order chi connectivity index (χ1) is 29.8. The summed E-state index contributed by atoms with van der Waals surface area (Å²) in [5.74, 6) is 0. The molecule has 2 aliphatic rings. The van der Waals surface area contributed by atoms with Crippen molar-refractivity contribution in [2.24, 2.45) is 0 Å². The fourth-order valence-corrected chi connectivity index (χ4v) is 15.2. The summed E-state index contributed by atoms with van der Waals surface area (Å²) in [6, 6.07) is 64.4. The Morgan fingerprint density at radius 1 is 0.393 bits per heavy atom. The molecule has 0 spiro atoms. The molecule has 0 saturated heterocycles. The average Bonchev–Trinajstić information content (AvgIpc) is 3.86. The Bertz CT molecular complexity index is 3880. The van der Waals surface area contributed by atoms with E-state index in [0.717, 1.165) is 16.6 Å². The van der Waals surface area contributed by atoms with E-state index in [-0.39, 0.29) is 5.41 Å². The molecular formula is C59H40OSi. The average molecular weight is 793 g/mol. The molecule has 12 aromatic rings. The maximum Gasteiger partial charge on any atom is 0.143 e. The molecule has 1 aliphatic heterocycles. The van der Waals surface area contributed by atoms with E-state index in [1.807, 2.05) is 0 Å². The van der Waals surface area contributed by atoms with Gasteiger partial charge in [-0.25, -0.2) is 0 Å². The van der Waals surface area contributed by atoms with Crippen LogP contribution in [0.2, 0.25) is 13.1 Å². The second-order valence-corrected chi connectivity index (χ2v) is 23.1. The molecule has 61 heavy (non-hydrogen) atoms. The molecule has 2 heteroatoms. The van der Waals surface area contributed by atoms with E-state index in [1.54, 1.807) is 10.4 Å². The van der Waals surface area contributed by atoms with Gasteiger partial charge in [0, 0.05) is 27.0 Å². The number of hydrogen-bond acceptors (Lipinski definition) is 1. The minimum atomic E-state index is -1.81. The van der Waals surface area contributed by atoms with Gasteiger partial charge in [0.05, 0.1) is 0 Å². The third-order valence-electron chi connectivity index (χ3n) is 15.0. The SMILES string of the molecule is CC1(C)c2ccc(-c3c4ccccc4c(-c4ccc5oc6c7cccc8ccc9cccc(c6c5c4)c9c87)c4ccccc34)cc2-c2cc3c(cc21)[Si](C)(C)c1ccccc1-3. The minimum Gasteiger partial charge on any atom is -0.455 e. The Kier molecular flexibility index (Phi) is 6.33. The van der Waals surface area contributed by atoms with E-state index in [1.165, 1.54) is 115 Å². The Balaban J connectivity index is 1.01. The summed E-state index contributed by atoms with van der Waals surface area (Å²) < 4.78 is 6.84. The largest absolute Gasteiger partial charge is 0.455 e. The van der Waals surface area contributed by atoms with Gasteiger partial charge >= 0.3 is 0 Å². The summed E-state index contributed by atoms with van der Waals surface area (Å²) in [7, 11) is -1.81. The van der Waals surface area contributed by atoms with Crippen LogP contribution < -0.4 is 10.4 Å². The van der Waals surface area contributed by atoms with Crippen LogP contribution in [0, 0.1) is 0 Å². The summed E-state index contributed by atoms with van der Waals surface area (Å²) in [5.41, 5.74) is 15.3. The van der Waals surface area contributed by atoms with Gasteiger partial charge in [0.15, 0.2) is 0 Å². The Hall–Kier alpha value is -7.00. The van der Waals surface area contributed by atoms with Crippen molar-refractivity contribution in [3.63, 3.8) is 0 Å². The maximum absolute atomic E-state index is 6.84. The second kappa shape index (κ2) is 11.4. The normalized spacial score (nSPS) is 14.8. The third kappa shape index (κ3) is 4.21. The van der Waals surface area contributed by atoms with Gasteiger partial charge in [-0.1, -0.05) is 173 Å². The van der Waals surface area contributed by atoms with Crippen LogP contribution in [0.5, 0.6) is 0 Å². The number of rotatable bonds is 2. The van der Waals surface area contributed by atoms with Crippen molar-refractivity contribution in [3.8, 4) is 44.5 Å². The Morgan fingerprint density at radius 2 is 0.967 bits per heavy atom.